The molecular formula is C31H31F5N6O4S2. The molecule has 4 aromatic rings. The van der Waals surface area contributed by atoms with Crippen molar-refractivity contribution in [2.24, 2.45) is 0 Å². The Bertz CT molecular complexity index is 1920. The highest BCUT2D eigenvalue weighted by molar-refractivity contribution is 7.92. The van der Waals surface area contributed by atoms with E-state index in [1.807, 2.05) is 18.7 Å². The summed E-state index contributed by atoms with van der Waals surface area (Å²) in [5.41, 5.74) is -2.88. The van der Waals surface area contributed by atoms with Gasteiger partial charge in [-0.25, -0.2) is 36.9 Å². The molecule has 0 spiro atoms. The van der Waals surface area contributed by atoms with Gasteiger partial charge in [-0.2, -0.15) is 13.2 Å². The van der Waals surface area contributed by atoms with E-state index in [1.165, 1.54) is 36.0 Å². The number of halogens is 5. The standard InChI is InChI=1S/C31H31F5N6O4S2/c1-17-14-41(29(43)46-30(3,4)5)15-18(2)42(17)28-39-25(26(47-28)23-12-13-37-16-38-23)19-8-6-11-22(24(19)33)40-48(44,45)27-20(31(34,35)36)9-7-10-21(27)32/h6-13,16-18,40H,14-15H2,1-5H3/t17-,18-/m0/s1. The summed E-state index contributed by atoms with van der Waals surface area (Å²) < 4.78 is 105. The summed E-state index contributed by atoms with van der Waals surface area (Å²) in [6.07, 6.45) is -2.90. The van der Waals surface area contributed by atoms with Gasteiger partial charge in [0, 0.05) is 36.9 Å². The van der Waals surface area contributed by atoms with Crippen molar-refractivity contribution in [2.75, 3.05) is 22.7 Å². The van der Waals surface area contributed by atoms with E-state index in [-0.39, 0.29) is 23.3 Å². The second-order valence-electron chi connectivity index (χ2n) is 12.1. The van der Waals surface area contributed by atoms with E-state index >= 15 is 4.39 Å². The first-order valence-corrected chi connectivity index (χ1v) is 16.9. The molecule has 10 nitrogen and oxygen atoms in total. The third-order valence-corrected chi connectivity index (χ3v) is 9.79. The van der Waals surface area contributed by atoms with Crippen LogP contribution in [0.5, 0.6) is 0 Å². The Kier molecular flexibility index (Phi) is 9.40. The fourth-order valence-electron chi connectivity index (χ4n) is 5.37. The Labute approximate surface area is 277 Å². The lowest BCUT2D eigenvalue weighted by atomic mass is 10.1. The number of anilines is 2. The molecule has 0 aliphatic carbocycles. The summed E-state index contributed by atoms with van der Waals surface area (Å²) >= 11 is 1.18. The number of hydrogen-bond donors (Lipinski definition) is 1. The number of ether oxygens (including phenoxy) is 1. The molecule has 0 saturated carbocycles. The number of sulfonamides is 1. The monoisotopic (exact) mass is 710 g/mol. The number of piperazine rings is 1. The van der Waals surface area contributed by atoms with E-state index in [4.69, 9.17) is 9.72 Å². The van der Waals surface area contributed by atoms with Gasteiger partial charge in [0.15, 0.2) is 10.9 Å². The number of thiazole rings is 1. The van der Waals surface area contributed by atoms with Crippen LogP contribution in [0.25, 0.3) is 21.8 Å². The summed E-state index contributed by atoms with van der Waals surface area (Å²) in [7, 11) is -5.27. The zero-order chi connectivity index (χ0) is 35.2. The van der Waals surface area contributed by atoms with Gasteiger partial charge in [-0.05, 0) is 65.0 Å². The van der Waals surface area contributed by atoms with E-state index in [1.54, 1.807) is 36.5 Å². The molecule has 3 heterocycles. The average molecular weight is 711 g/mol. The van der Waals surface area contributed by atoms with Gasteiger partial charge in [0.1, 0.15) is 22.6 Å². The first-order valence-electron chi connectivity index (χ1n) is 14.6. The molecule has 1 N–H and O–H groups in total. The minimum Gasteiger partial charge on any atom is -0.444 e. The molecule has 2 aromatic heterocycles. The molecular weight excluding hydrogens is 680 g/mol. The maximum absolute atomic E-state index is 16.2. The van der Waals surface area contributed by atoms with Crippen LogP contribution in [0.1, 0.15) is 40.2 Å². The van der Waals surface area contributed by atoms with Gasteiger partial charge in [0.25, 0.3) is 10.0 Å². The maximum atomic E-state index is 16.2. The smallest absolute Gasteiger partial charge is 0.417 e. The van der Waals surface area contributed by atoms with Crippen molar-refractivity contribution >= 4 is 38.3 Å². The quantitative estimate of drug-likeness (QED) is 0.209. The third-order valence-electron chi connectivity index (χ3n) is 7.26. The largest absolute Gasteiger partial charge is 0.444 e. The van der Waals surface area contributed by atoms with Gasteiger partial charge in [0.2, 0.25) is 0 Å². The Morgan fingerprint density at radius 1 is 1.02 bits per heavy atom. The summed E-state index contributed by atoms with van der Waals surface area (Å²) in [4.78, 5) is 28.1. The van der Waals surface area contributed by atoms with Crippen LogP contribution in [0, 0.1) is 11.6 Å². The van der Waals surface area contributed by atoms with Crippen LogP contribution >= 0.6 is 11.3 Å². The summed E-state index contributed by atoms with van der Waals surface area (Å²) in [5, 5.41) is 0.453. The molecule has 1 fully saturated rings. The molecule has 1 aliphatic heterocycles. The van der Waals surface area contributed by atoms with Gasteiger partial charge in [-0.1, -0.05) is 23.5 Å². The molecule has 17 heteroatoms. The number of benzene rings is 2. The number of rotatable bonds is 6. The second-order valence-corrected chi connectivity index (χ2v) is 14.7. The lowest BCUT2D eigenvalue weighted by Crippen LogP contribution is -2.58. The number of aromatic nitrogens is 3. The number of nitrogens with zero attached hydrogens (tertiary/aromatic N) is 5. The van der Waals surface area contributed by atoms with Gasteiger partial charge >= 0.3 is 12.3 Å². The van der Waals surface area contributed by atoms with Crippen LogP contribution < -0.4 is 9.62 Å². The van der Waals surface area contributed by atoms with E-state index < -0.39 is 55.7 Å². The van der Waals surface area contributed by atoms with Crippen LogP contribution in [0.2, 0.25) is 0 Å². The minimum absolute atomic E-state index is 0.0723. The molecule has 0 radical (unpaired) electrons. The summed E-state index contributed by atoms with van der Waals surface area (Å²) in [6, 6.07) is 6.39. The predicted octanol–water partition coefficient (Wildman–Crippen LogP) is 7.20. The fourth-order valence-corrected chi connectivity index (χ4v) is 7.98. The number of carbonyl (C=O) groups is 1. The van der Waals surface area contributed by atoms with Crippen LogP contribution in [-0.2, 0) is 20.9 Å². The van der Waals surface area contributed by atoms with Crippen molar-refractivity contribution in [1.82, 2.24) is 19.9 Å². The number of carbonyl (C=O) groups excluding carboxylic acids is 1. The predicted molar refractivity (Wildman–Crippen MR) is 170 cm³/mol. The number of hydrogen-bond acceptors (Lipinski definition) is 9. The zero-order valence-corrected chi connectivity index (χ0v) is 28.0. The van der Waals surface area contributed by atoms with Gasteiger partial charge in [-0.15, -0.1) is 0 Å². The Balaban J connectivity index is 1.55. The van der Waals surface area contributed by atoms with Crippen LogP contribution in [0.4, 0.5) is 37.6 Å². The molecule has 5 rings (SSSR count). The summed E-state index contributed by atoms with van der Waals surface area (Å²) in [6.45, 7) is 9.73. The Morgan fingerprint density at radius 2 is 1.69 bits per heavy atom. The van der Waals surface area contributed by atoms with Crippen LogP contribution in [0.3, 0.4) is 0 Å². The molecule has 0 unspecified atom stereocenters. The molecule has 0 bridgehead atoms. The van der Waals surface area contributed by atoms with E-state index in [2.05, 4.69) is 9.97 Å². The highest BCUT2D eigenvalue weighted by atomic mass is 32.2. The lowest BCUT2D eigenvalue weighted by molar-refractivity contribution is -0.140. The van der Waals surface area contributed by atoms with Gasteiger partial charge in [0.05, 0.1) is 27.5 Å². The second kappa shape index (κ2) is 12.9. The van der Waals surface area contributed by atoms with Gasteiger partial charge in [-0.3, -0.25) is 4.72 Å². The Morgan fingerprint density at radius 3 is 2.29 bits per heavy atom. The van der Waals surface area contributed by atoms with Crippen molar-refractivity contribution in [2.45, 2.75) is 63.4 Å². The molecule has 1 aliphatic rings. The van der Waals surface area contributed by atoms with Crippen molar-refractivity contribution in [3.63, 3.8) is 0 Å². The van der Waals surface area contributed by atoms with Crippen molar-refractivity contribution in [3.05, 3.63) is 72.2 Å². The molecule has 2 aromatic carbocycles. The fraction of sp³-hybridized carbons (Fsp3) is 0.355. The highest BCUT2D eigenvalue weighted by Crippen LogP contribution is 2.43. The molecule has 48 heavy (non-hydrogen) atoms. The van der Waals surface area contributed by atoms with Crippen molar-refractivity contribution in [3.8, 4) is 21.8 Å². The maximum Gasteiger partial charge on any atom is 0.417 e. The first kappa shape index (κ1) is 34.9. The number of alkyl halides is 3. The van der Waals surface area contributed by atoms with E-state index in [0.717, 1.165) is 12.1 Å². The first-order chi connectivity index (χ1) is 22.4. The summed E-state index contributed by atoms with van der Waals surface area (Å²) in [5.74, 6) is -2.81. The molecule has 1 saturated heterocycles. The van der Waals surface area contributed by atoms with E-state index in [9.17, 15) is 30.8 Å². The van der Waals surface area contributed by atoms with Crippen LogP contribution in [0.15, 0.2) is 59.9 Å². The van der Waals surface area contributed by atoms with Crippen LogP contribution in [-0.4, -0.2) is 65.1 Å². The zero-order valence-electron chi connectivity index (χ0n) is 26.3. The van der Waals surface area contributed by atoms with Crippen molar-refractivity contribution in [1.29, 1.82) is 0 Å². The number of amides is 1. The minimum atomic E-state index is -5.27. The lowest BCUT2D eigenvalue weighted by Gasteiger charge is -2.44. The van der Waals surface area contributed by atoms with Crippen molar-refractivity contribution < 1.29 is 39.9 Å². The topological polar surface area (TPSA) is 118 Å². The van der Waals surface area contributed by atoms with Gasteiger partial charge < -0.3 is 14.5 Å². The molecule has 2 atom stereocenters. The molecule has 1 amide bonds. The molecule has 256 valence electrons. The Hall–Kier alpha value is -4.38. The van der Waals surface area contributed by atoms with E-state index in [0.29, 0.717) is 40.9 Å². The number of nitrogens with one attached hydrogen (secondary N) is 1. The normalized spacial score (nSPS) is 17.4. The average Bonchev–Trinajstić information content (AvgIpc) is 3.41. The third kappa shape index (κ3) is 7.21. The SMILES string of the molecule is C[C@H]1CN(C(=O)OC(C)(C)C)C[C@H](C)N1c1nc(-c2cccc(NS(=O)(=O)c3c(F)cccc3C(F)(F)F)c2F)c(-c2ccncn2)s1. The highest BCUT2D eigenvalue weighted by Gasteiger charge is 2.40.